The van der Waals surface area contributed by atoms with E-state index < -0.39 is 0 Å². The second-order valence-corrected chi connectivity index (χ2v) is 6.62. The number of piperidine rings is 2. The standard InChI is InChI=1S/C16H29N3O2/c1-13(20)14(17-2)3-4-15(21)19-11-7-16(8-12-19)5-9-18-10-6-16/h14,17-18H,3-12H2,1-2H3/t14-/m0/s1. The molecule has 2 fully saturated rings. The minimum atomic E-state index is -0.186. The lowest BCUT2D eigenvalue weighted by atomic mass is 9.71. The molecule has 2 rings (SSSR count). The lowest BCUT2D eigenvalue weighted by Crippen LogP contribution is -2.47. The highest BCUT2D eigenvalue weighted by Gasteiger charge is 2.36. The molecule has 2 aliphatic heterocycles. The Bertz CT molecular complexity index is 368. The van der Waals surface area contributed by atoms with Crippen molar-refractivity contribution in [2.24, 2.45) is 5.41 Å². The van der Waals surface area contributed by atoms with Crippen LogP contribution in [0.1, 0.15) is 45.4 Å². The molecule has 1 atom stereocenters. The zero-order valence-electron chi connectivity index (χ0n) is 13.4. The molecule has 1 spiro atoms. The molecule has 2 heterocycles. The van der Waals surface area contributed by atoms with Crippen molar-refractivity contribution < 1.29 is 9.59 Å². The summed E-state index contributed by atoms with van der Waals surface area (Å²) in [7, 11) is 1.78. The lowest BCUT2D eigenvalue weighted by molar-refractivity contribution is -0.134. The molecule has 0 unspecified atom stereocenters. The zero-order valence-corrected chi connectivity index (χ0v) is 13.4. The third-order valence-electron chi connectivity index (χ3n) is 5.33. The topological polar surface area (TPSA) is 61.4 Å². The van der Waals surface area contributed by atoms with E-state index in [1.54, 1.807) is 14.0 Å². The zero-order chi connectivity index (χ0) is 15.3. The largest absolute Gasteiger partial charge is 0.343 e. The first kappa shape index (κ1) is 16.4. The second kappa shape index (κ2) is 7.36. The third-order valence-corrected chi connectivity index (χ3v) is 5.33. The number of carbonyl (C=O) groups is 2. The molecule has 5 nitrogen and oxygen atoms in total. The van der Waals surface area contributed by atoms with Crippen LogP contribution in [0.4, 0.5) is 0 Å². The Labute approximate surface area is 127 Å². The van der Waals surface area contributed by atoms with Crippen LogP contribution in [0.3, 0.4) is 0 Å². The normalized spacial score (nSPS) is 23.0. The molecule has 21 heavy (non-hydrogen) atoms. The first-order valence-corrected chi connectivity index (χ1v) is 8.22. The van der Waals surface area contributed by atoms with Gasteiger partial charge in [0.05, 0.1) is 6.04 Å². The Morgan fingerprint density at radius 2 is 1.81 bits per heavy atom. The number of carbonyl (C=O) groups excluding carboxylic acids is 2. The predicted molar refractivity (Wildman–Crippen MR) is 83.1 cm³/mol. The van der Waals surface area contributed by atoms with Crippen molar-refractivity contribution >= 4 is 11.7 Å². The molecule has 0 aliphatic carbocycles. The fraction of sp³-hybridized carbons (Fsp3) is 0.875. The maximum absolute atomic E-state index is 12.3. The number of nitrogens with zero attached hydrogens (tertiary/aromatic N) is 1. The van der Waals surface area contributed by atoms with Crippen LogP contribution in [0.2, 0.25) is 0 Å². The number of Topliss-reactive ketones (excluding diaryl/α,β-unsaturated/α-hetero) is 1. The number of ketones is 1. The number of amides is 1. The van der Waals surface area contributed by atoms with Gasteiger partial charge in [-0.25, -0.2) is 0 Å². The summed E-state index contributed by atoms with van der Waals surface area (Å²) in [6.45, 7) is 5.60. The number of likely N-dealkylation sites (tertiary alicyclic amines) is 1. The molecule has 2 N–H and O–H groups in total. The van der Waals surface area contributed by atoms with Gasteiger partial charge >= 0.3 is 0 Å². The van der Waals surface area contributed by atoms with Crippen LogP contribution in [-0.2, 0) is 9.59 Å². The SMILES string of the molecule is CN[C@@H](CCC(=O)N1CCC2(CCNCC2)CC1)C(C)=O. The van der Waals surface area contributed by atoms with Gasteiger partial charge in [-0.05, 0) is 64.6 Å². The van der Waals surface area contributed by atoms with E-state index in [2.05, 4.69) is 10.6 Å². The van der Waals surface area contributed by atoms with Crippen LogP contribution in [0, 0.1) is 5.41 Å². The summed E-state index contributed by atoms with van der Waals surface area (Å²) in [6.07, 6.45) is 5.86. The van der Waals surface area contributed by atoms with Gasteiger partial charge in [-0.2, -0.15) is 0 Å². The maximum Gasteiger partial charge on any atom is 0.222 e. The van der Waals surface area contributed by atoms with Crippen molar-refractivity contribution in [1.29, 1.82) is 0 Å². The van der Waals surface area contributed by atoms with Crippen LogP contribution < -0.4 is 10.6 Å². The summed E-state index contributed by atoms with van der Waals surface area (Å²) in [6, 6.07) is -0.186. The quantitative estimate of drug-likeness (QED) is 0.792. The van der Waals surface area contributed by atoms with E-state index in [4.69, 9.17) is 0 Å². The van der Waals surface area contributed by atoms with Crippen LogP contribution in [-0.4, -0.2) is 55.9 Å². The summed E-state index contributed by atoms with van der Waals surface area (Å²) >= 11 is 0. The Morgan fingerprint density at radius 1 is 1.19 bits per heavy atom. The summed E-state index contributed by atoms with van der Waals surface area (Å²) in [4.78, 5) is 25.7. The number of rotatable bonds is 5. The number of hydrogen-bond acceptors (Lipinski definition) is 4. The highest BCUT2D eigenvalue weighted by atomic mass is 16.2. The Kier molecular flexibility index (Phi) is 5.76. The molecule has 2 aliphatic rings. The van der Waals surface area contributed by atoms with Crippen molar-refractivity contribution in [2.75, 3.05) is 33.2 Å². The Balaban J connectivity index is 1.76. The van der Waals surface area contributed by atoms with Crippen molar-refractivity contribution in [3.63, 3.8) is 0 Å². The van der Waals surface area contributed by atoms with Crippen LogP contribution in [0.15, 0.2) is 0 Å². The summed E-state index contributed by atoms with van der Waals surface area (Å²) in [5.74, 6) is 0.317. The molecule has 0 bridgehead atoms. The predicted octanol–water partition coefficient (Wildman–Crippen LogP) is 0.936. The summed E-state index contributed by atoms with van der Waals surface area (Å²) in [5.41, 5.74) is 0.481. The molecule has 0 aromatic heterocycles. The Morgan fingerprint density at radius 3 is 2.33 bits per heavy atom. The monoisotopic (exact) mass is 295 g/mol. The minimum Gasteiger partial charge on any atom is -0.343 e. The number of likely N-dealkylation sites (N-methyl/N-ethyl adjacent to an activating group) is 1. The molecule has 5 heteroatoms. The van der Waals surface area contributed by atoms with Crippen molar-refractivity contribution in [1.82, 2.24) is 15.5 Å². The van der Waals surface area contributed by atoms with E-state index in [9.17, 15) is 9.59 Å². The molecular formula is C16H29N3O2. The van der Waals surface area contributed by atoms with E-state index in [1.165, 1.54) is 12.8 Å². The maximum atomic E-state index is 12.3. The average molecular weight is 295 g/mol. The summed E-state index contributed by atoms with van der Waals surface area (Å²) in [5, 5.41) is 6.40. The van der Waals surface area contributed by atoms with Gasteiger partial charge in [0.1, 0.15) is 5.78 Å². The van der Waals surface area contributed by atoms with E-state index in [-0.39, 0.29) is 17.7 Å². The van der Waals surface area contributed by atoms with Crippen LogP contribution in [0.5, 0.6) is 0 Å². The van der Waals surface area contributed by atoms with Gasteiger partial charge < -0.3 is 15.5 Å². The average Bonchev–Trinajstić information content (AvgIpc) is 2.49. The van der Waals surface area contributed by atoms with Crippen LogP contribution in [0.25, 0.3) is 0 Å². The van der Waals surface area contributed by atoms with Gasteiger partial charge in [0.2, 0.25) is 5.91 Å². The van der Waals surface area contributed by atoms with Gasteiger partial charge in [0, 0.05) is 19.5 Å². The van der Waals surface area contributed by atoms with Crippen molar-refractivity contribution in [3.05, 3.63) is 0 Å². The second-order valence-electron chi connectivity index (χ2n) is 6.62. The van der Waals surface area contributed by atoms with Gasteiger partial charge in [-0.15, -0.1) is 0 Å². The fourth-order valence-corrected chi connectivity index (χ4v) is 3.66. The molecule has 120 valence electrons. The first-order chi connectivity index (χ1) is 10.1. The van der Waals surface area contributed by atoms with Gasteiger partial charge in [0.25, 0.3) is 0 Å². The highest BCUT2D eigenvalue weighted by molar-refractivity contribution is 5.83. The first-order valence-electron chi connectivity index (χ1n) is 8.22. The van der Waals surface area contributed by atoms with Gasteiger partial charge in [-0.1, -0.05) is 0 Å². The minimum absolute atomic E-state index is 0.109. The smallest absolute Gasteiger partial charge is 0.222 e. The van der Waals surface area contributed by atoms with E-state index in [1.807, 2.05) is 4.90 Å². The summed E-state index contributed by atoms with van der Waals surface area (Å²) < 4.78 is 0. The fourth-order valence-electron chi connectivity index (χ4n) is 3.66. The molecule has 0 aromatic rings. The van der Waals surface area contributed by atoms with E-state index >= 15 is 0 Å². The molecule has 0 aromatic carbocycles. The molecule has 2 saturated heterocycles. The molecular weight excluding hydrogens is 266 g/mol. The van der Waals surface area contributed by atoms with Crippen molar-refractivity contribution in [2.45, 2.75) is 51.5 Å². The van der Waals surface area contributed by atoms with E-state index in [0.717, 1.165) is 39.0 Å². The molecule has 0 saturated carbocycles. The Hall–Kier alpha value is -0.940. The molecule has 1 amide bonds. The van der Waals surface area contributed by atoms with Gasteiger partial charge in [-0.3, -0.25) is 9.59 Å². The van der Waals surface area contributed by atoms with Gasteiger partial charge in [0.15, 0.2) is 0 Å². The number of nitrogens with one attached hydrogen (secondary N) is 2. The van der Waals surface area contributed by atoms with E-state index in [0.29, 0.717) is 18.3 Å². The third kappa shape index (κ3) is 4.27. The van der Waals surface area contributed by atoms with Crippen molar-refractivity contribution in [3.8, 4) is 0 Å². The highest BCUT2D eigenvalue weighted by Crippen LogP contribution is 2.39. The lowest BCUT2D eigenvalue weighted by Gasteiger charge is -2.44. The molecule has 0 radical (unpaired) electrons. The number of hydrogen-bond donors (Lipinski definition) is 2. The van der Waals surface area contributed by atoms with Crippen LogP contribution >= 0.6 is 0 Å².